The molecule has 282 valence electrons. The number of aromatic nitrogens is 3. The minimum atomic E-state index is -1.32. The number of nitrogens with zero attached hydrogens (tertiary/aromatic N) is 4. The second kappa shape index (κ2) is 22.5. The molecule has 1 aromatic carbocycles. The van der Waals surface area contributed by atoms with E-state index in [0.29, 0.717) is 24.4 Å². The normalized spacial score (nSPS) is 19.5. The summed E-state index contributed by atoms with van der Waals surface area (Å²) in [6, 6.07) is 4.08. The maximum atomic E-state index is 12.0. The number of nitrogens with one attached hydrogen (secondary N) is 1. The van der Waals surface area contributed by atoms with Crippen LogP contribution in [0.25, 0.3) is 0 Å². The lowest BCUT2D eigenvalue weighted by molar-refractivity contribution is -0.386. The van der Waals surface area contributed by atoms with Crippen molar-refractivity contribution in [2.24, 2.45) is 5.41 Å². The zero-order valence-corrected chi connectivity index (χ0v) is 31.4. The Morgan fingerprint density at radius 3 is 2.35 bits per heavy atom. The number of hydrogen-bond acceptors (Lipinski definition) is 13. The molecule has 2 heterocycles. The molecule has 0 amide bonds. The first-order valence-electron chi connectivity index (χ1n) is 17.1. The predicted octanol–water partition coefficient (Wildman–Crippen LogP) is 4.36. The minimum absolute atomic E-state index is 0.0605. The van der Waals surface area contributed by atoms with Crippen LogP contribution in [0.5, 0.6) is 5.75 Å². The Labute approximate surface area is 291 Å². The summed E-state index contributed by atoms with van der Waals surface area (Å²) < 4.78 is 24.4. The molecule has 1 fully saturated rings. The molecule has 15 heteroatoms. The third-order valence-electron chi connectivity index (χ3n) is 6.87. The topological polar surface area (TPSA) is 201 Å². The molecule has 2 aromatic rings. The number of nitro groups is 1. The van der Waals surface area contributed by atoms with Crippen molar-refractivity contribution in [3.8, 4) is 5.75 Å². The van der Waals surface area contributed by atoms with E-state index in [0.717, 1.165) is 6.54 Å². The van der Waals surface area contributed by atoms with E-state index in [9.17, 15) is 30.2 Å². The highest BCUT2D eigenvalue weighted by Crippen LogP contribution is 2.35. The number of carbonyl (C=O) groups is 1. The van der Waals surface area contributed by atoms with Crippen molar-refractivity contribution in [1.82, 2.24) is 20.3 Å². The van der Waals surface area contributed by atoms with Crippen LogP contribution in [0.2, 0.25) is 0 Å². The third-order valence-corrected chi connectivity index (χ3v) is 6.87. The second-order valence-corrected chi connectivity index (χ2v) is 12.1. The largest absolute Gasteiger partial charge is 0.458 e. The van der Waals surface area contributed by atoms with Gasteiger partial charge in [0.2, 0.25) is 6.29 Å². The van der Waals surface area contributed by atoms with Gasteiger partial charge in [-0.1, -0.05) is 66.7 Å². The van der Waals surface area contributed by atoms with Crippen LogP contribution in [0.15, 0.2) is 24.4 Å². The second-order valence-electron chi connectivity index (χ2n) is 12.1. The Kier molecular flexibility index (Phi) is 21.0. The van der Waals surface area contributed by atoms with Crippen LogP contribution in [0.4, 0.5) is 5.69 Å². The molecule has 15 nitrogen and oxygen atoms in total. The Bertz CT molecular complexity index is 1240. The monoisotopic (exact) mass is 699 g/mol. The maximum Gasteiger partial charge on any atom is 0.311 e. The van der Waals surface area contributed by atoms with E-state index in [-0.39, 0.29) is 24.0 Å². The Balaban J connectivity index is 0.00000363. The molecule has 0 saturated carbocycles. The van der Waals surface area contributed by atoms with Crippen molar-refractivity contribution in [2.75, 3.05) is 26.8 Å². The molecular weight excluding hydrogens is 638 g/mol. The lowest BCUT2D eigenvalue weighted by Crippen LogP contribution is -2.51. The first-order chi connectivity index (χ1) is 23.1. The van der Waals surface area contributed by atoms with Gasteiger partial charge in [0, 0.05) is 44.0 Å². The third kappa shape index (κ3) is 15.5. The average Bonchev–Trinajstić information content (AvgIpc) is 3.50. The number of hydrogen-bond donors (Lipinski definition) is 4. The van der Waals surface area contributed by atoms with E-state index in [1.807, 2.05) is 62.4 Å². The van der Waals surface area contributed by atoms with Crippen LogP contribution in [0.3, 0.4) is 0 Å². The first-order valence-corrected chi connectivity index (χ1v) is 17.1. The van der Waals surface area contributed by atoms with E-state index in [4.69, 9.17) is 18.9 Å². The summed E-state index contributed by atoms with van der Waals surface area (Å²) in [5.74, 6) is -0.746. The van der Waals surface area contributed by atoms with Crippen LogP contribution in [0, 0.1) is 15.5 Å². The molecule has 0 radical (unpaired) electrons. The SMILES string of the molecule is CC.CC.CC.CNCC(C)(C)COC(C)(C)Cn1cc(CC(OC(C)=O)c2ccc(OC3CC(O)C(O)C(CO)O3)c([N+](=O)[O-])c2)nn1. The van der Waals surface area contributed by atoms with E-state index in [1.54, 1.807) is 10.9 Å². The summed E-state index contributed by atoms with van der Waals surface area (Å²) in [6.45, 7) is 22.5. The lowest BCUT2D eigenvalue weighted by atomic mass is 9.94. The fourth-order valence-corrected chi connectivity index (χ4v) is 4.74. The smallest absolute Gasteiger partial charge is 0.311 e. The minimum Gasteiger partial charge on any atom is -0.458 e. The van der Waals surface area contributed by atoms with Gasteiger partial charge < -0.3 is 39.6 Å². The van der Waals surface area contributed by atoms with Gasteiger partial charge in [-0.3, -0.25) is 14.9 Å². The van der Waals surface area contributed by atoms with Crippen molar-refractivity contribution in [3.05, 3.63) is 45.8 Å². The lowest BCUT2D eigenvalue weighted by Gasteiger charge is -2.35. The summed E-state index contributed by atoms with van der Waals surface area (Å²) >= 11 is 0. The van der Waals surface area contributed by atoms with Crippen molar-refractivity contribution in [1.29, 1.82) is 0 Å². The van der Waals surface area contributed by atoms with Gasteiger partial charge in [-0.25, -0.2) is 4.68 Å². The highest BCUT2D eigenvalue weighted by Gasteiger charge is 2.38. The first kappa shape index (κ1) is 45.8. The quantitative estimate of drug-likeness (QED) is 0.116. The Morgan fingerprint density at radius 1 is 1.16 bits per heavy atom. The summed E-state index contributed by atoms with van der Waals surface area (Å²) in [5.41, 5.74) is -0.209. The highest BCUT2D eigenvalue weighted by molar-refractivity contribution is 5.66. The van der Waals surface area contributed by atoms with E-state index < -0.39 is 59.5 Å². The molecule has 1 aromatic heterocycles. The van der Waals surface area contributed by atoms with Gasteiger partial charge in [0.1, 0.15) is 18.3 Å². The van der Waals surface area contributed by atoms with Gasteiger partial charge in [0.15, 0.2) is 5.75 Å². The molecule has 4 N–H and O–H groups in total. The zero-order valence-electron chi connectivity index (χ0n) is 31.4. The average molecular weight is 700 g/mol. The number of carbonyl (C=O) groups excluding carboxylic acids is 1. The van der Waals surface area contributed by atoms with Crippen molar-refractivity contribution >= 4 is 11.7 Å². The summed E-state index contributed by atoms with van der Waals surface area (Å²) in [4.78, 5) is 23.2. The zero-order chi connectivity index (χ0) is 37.9. The number of benzene rings is 1. The van der Waals surface area contributed by atoms with E-state index in [1.165, 1.54) is 25.1 Å². The number of esters is 1. The fraction of sp³-hybridized carbons (Fsp3) is 0.735. The molecule has 3 rings (SSSR count). The molecule has 0 bridgehead atoms. The van der Waals surface area contributed by atoms with Crippen LogP contribution in [-0.4, -0.2) is 98.2 Å². The van der Waals surface area contributed by atoms with Crippen LogP contribution < -0.4 is 10.1 Å². The number of rotatable bonds is 15. The summed E-state index contributed by atoms with van der Waals surface area (Å²) in [5, 5.41) is 52.9. The molecule has 5 unspecified atom stereocenters. The van der Waals surface area contributed by atoms with Crippen LogP contribution in [-0.2, 0) is 32.0 Å². The molecule has 49 heavy (non-hydrogen) atoms. The number of aliphatic hydroxyl groups excluding tert-OH is 3. The van der Waals surface area contributed by atoms with Gasteiger partial charge in [-0.15, -0.1) is 5.10 Å². The molecule has 1 saturated heterocycles. The number of nitro benzene ring substituents is 1. The van der Waals surface area contributed by atoms with Gasteiger partial charge in [0.25, 0.3) is 0 Å². The number of aliphatic hydroxyl groups is 3. The van der Waals surface area contributed by atoms with Gasteiger partial charge >= 0.3 is 11.7 Å². The van der Waals surface area contributed by atoms with Gasteiger partial charge in [-0.2, -0.15) is 0 Å². The van der Waals surface area contributed by atoms with Crippen molar-refractivity contribution in [2.45, 2.75) is 132 Å². The van der Waals surface area contributed by atoms with E-state index >= 15 is 0 Å². The summed E-state index contributed by atoms with van der Waals surface area (Å²) in [7, 11) is 1.90. The molecule has 1 aliphatic rings. The van der Waals surface area contributed by atoms with Gasteiger partial charge in [-0.05, 0) is 32.5 Å². The molecule has 5 atom stereocenters. The van der Waals surface area contributed by atoms with Crippen molar-refractivity contribution in [3.63, 3.8) is 0 Å². The highest BCUT2D eigenvalue weighted by atomic mass is 16.7. The van der Waals surface area contributed by atoms with Crippen molar-refractivity contribution < 1.29 is 44.0 Å². The van der Waals surface area contributed by atoms with Crippen LogP contribution in [0.1, 0.15) is 99.9 Å². The van der Waals surface area contributed by atoms with E-state index in [2.05, 4.69) is 29.5 Å². The van der Waals surface area contributed by atoms with Gasteiger partial charge in [0.05, 0.1) is 42.1 Å². The Morgan fingerprint density at radius 2 is 1.80 bits per heavy atom. The Hall–Kier alpha value is -3.21. The molecule has 0 aliphatic carbocycles. The standard InChI is InChI=1S/C28H43N5O10.3C2H6/c1-17(35)41-23(10-19-12-32(31-30-19)15-28(4,5)40-16-27(2,3)14-29-6)18-7-8-22(20(9-18)33(38)39)42-25-11-21(36)26(37)24(13-34)43-25;3*1-2/h7-9,12,21,23-26,29,34,36-37H,10-11,13-16H2,1-6H3;3*1-2H3. The fourth-order valence-electron chi connectivity index (χ4n) is 4.74. The maximum absolute atomic E-state index is 12.0. The van der Waals surface area contributed by atoms with Crippen LogP contribution >= 0.6 is 0 Å². The molecule has 1 aliphatic heterocycles. The number of ether oxygens (including phenoxy) is 4. The summed E-state index contributed by atoms with van der Waals surface area (Å²) in [6.07, 6.45) is -4.11. The predicted molar refractivity (Wildman–Crippen MR) is 186 cm³/mol. The molecular formula is C34H61N5O10. The molecule has 0 spiro atoms.